The molecule has 0 aliphatic carbocycles. The van der Waals surface area contributed by atoms with E-state index in [4.69, 9.17) is 5.11 Å². The molecule has 0 radical (unpaired) electrons. The molecule has 4 heteroatoms. The average Bonchev–Trinajstić information content (AvgIpc) is 2.00. The van der Waals surface area contributed by atoms with Gasteiger partial charge in [-0.25, -0.2) is 4.79 Å². The summed E-state index contributed by atoms with van der Waals surface area (Å²) >= 11 is 0. The number of aliphatic hydroxyl groups excluding tert-OH is 1. The van der Waals surface area contributed by atoms with E-state index in [1.807, 2.05) is 19.9 Å². The number of nitrogens with one attached hydrogen (secondary N) is 2. The van der Waals surface area contributed by atoms with Crippen molar-refractivity contribution in [2.75, 3.05) is 6.54 Å². The summed E-state index contributed by atoms with van der Waals surface area (Å²) in [6.45, 7) is 5.92. The van der Waals surface area contributed by atoms with Gasteiger partial charge < -0.3 is 15.7 Å². The van der Waals surface area contributed by atoms with Crippen molar-refractivity contribution in [1.82, 2.24) is 10.6 Å². The zero-order chi connectivity index (χ0) is 10.3. The van der Waals surface area contributed by atoms with Crippen LogP contribution in [0.2, 0.25) is 0 Å². The Labute approximate surface area is 79.0 Å². The zero-order valence-corrected chi connectivity index (χ0v) is 8.37. The number of hydrogen-bond acceptors (Lipinski definition) is 2. The van der Waals surface area contributed by atoms with E-state index in [0.717, 1.165) is 0 Å². The van der Waals surface area contributed by atoms with Crippen LogP contribution in [0, 0.1) is 5.92 Å². The van der Waals surface area contributed by atoms with Crippen molar-refractivity contribution in [3.05, 3.63) is 12.3 Å². The highest BCUT2D eigenvalue weighted by molar-refractivity contribution is 5.74. The van der Waals surface area contributed by atoms with Crippen molar-refractivity contribution in [3.63, 3.8) is 0 Å². The van der Waals surface area contributed by atoms with Crippen LogP contribution in [0.1, 0.15) is 20.8 Å². The molecule has 0 bridgehead atoms. The Balaban J connectivity index is 3.52. The standard InChI is InChI=1S/C9H18N2O2/c1-7(2)4-5-10-9(13)11-6-8(3)12/h4-5,7-8,12H,6H2,1-3H3,(H2,10,11,13)/b5-4+. The fourth-order valence-corrected chi connectivity index (χ4v) is 0.608. The number of rotatable bonds is 4. The summed E-state index contributed by atoms with van der Waals surface area (Å²) in [5.41, 5.74) is 0. The Morgan fingerprint density at radius 2 is 2.08 bits per heavy atom. The van der Waals surface area contributed by atoms with Crippen LogP contribution in [-0.4, -0.2) is 23.8 Å². The second kappa shape index (κ2) is 6.48. The smallest absolute Gasteiger partial charge is 0.318 e. The highest BCUT2D eigenvalue weighted by Crippen LogP contribution is 1.90. The Bertz CT molecular complexity index is 176. The lowest BCUT2D eigenvalue weighted by Gasteiger charge is -2.06. The molecule has 2 amide bonds. The molecule has 0 heterocycles. The maximum Gasteiger partial charge on any atom is 0.318 e. The third-order valence-electron chi connectivity index (χ3n) is 1.25. The predicted molar refractivity (Wildman–Crippen MR) is 52.2 cm³/mol. The van der Waals surface area contributed by atoms with E-state index in [9.17, 15) is 4.79 Å². The third-order valence-corrected chi connectivity index (χ3v) is 1.25. The normalized spacial score (nSPS) is 13.3. The van der Waals surface area contributed by atoms with Crippen molar-refractivity contribution in [3.8, 4) is 0 Å². The number of hydrogen-bond donors (Lipinski definition) is 3. The van der Waals surface area contributed by atoms with Gasteiger partial charge in [0.05, 0.1) is 6.10 Å². The van der Waals surface area contributed by atoms with E-state index in [1.54, 1.807) is 13.1 Å². The van der Waals surface area contributed by atoms with Gasteiger partial charge >= 0.3 is 6.03 Å². The van der Waals surface area contributed by atoms with Crippen LogP contribution in [0.3, 0.4) is 0 Å². The van der Waals surface area contributed by atoms with Gasteiger partial charge in [-0.3, -0.25) is 0 Å². The fraction of sp³-hybridized carbons (Fsp3) is 0.667. The summed E-state index contributed by atoms with van der Waals surface area (Å²) in [5, 5.41) is 13.9. The van der Waals surface area contributed by atoms with Gasteiger partial charge in [0.15, 0.2) is 0 Å². The Hall–Kier alpha value is -1.03. The summed E-state index contributed by atoms with van der Waals surface area (Å²) in [5.74, 6) is 0.414. The summed E-state index contributed by atoms with van der Waals surface area (Å²) in [7, 11) is 0. The molecule has 0 aliphatic rings. The second-order valence-electron chi connectivity index (χ2n) is 3.31. The minimum atomic E-state index is -0.514. The molecule has 4 nitrogen and oxygen atoms in total. The van der Waals surface area contributed by atoms with Crippen LogP contribution in [0.25, 0.3) is 0 Å². The summed E-state index contributed by atoms with van der Waals surface area (Å²) < 4.78 is 0. The first-order valence-electron chi connectivity index (χ1n) is 4.41. The van der Waals surface area contributed by atoms with E-state index in [2.05, 4.69) is 10.6 Å². The lowest BCUT2D eigenvalue weighted by Crippen LogP contribution is -2.36. The first-order chi connectivity index (χ1) is 6.02. The molecule has 0 aromatic heterocycles. The molecule has 0 aliphatic heterocycles. The molecular formula is C9H18N2O2. The lowest BCUT2D eigenvalue weighted by atomic mass is 10.2. The van der Waals surface area contributed by atoms with Crippen molar-refractivity contribution < 1.29 is 9.90 Å². The fourth-order valence-electron chi connectivity index (χ4n) is 0.608. The Kier molecular flexibility index (Phi) is 5.97. The summed E-state index contributed by atoms with van der Waals surface area (Å²) in [4.78, 5) is 10.9. The molecule has 0 rings (SSSR count). The first kappa shape index (κ1) is 12.0. The van der Waals surface area contributed by atoms with Gasteiger partial charge in [0.2, 0.25) is 0 Å². The van der Waals surface area contributed by atoms with E-state index in [-0.39, 0.29) is 12.6 Å². The van der Waals surface area contributed by atoms with Crippen LogP contribution in [0.5, 0.6) is 0 Å². The Morgan fingerprint density at radius 1 is 1.46 bits per heavy atom. The second-order valence-corrected chi connectivity index (χ2v) is 3.31. The minimum absolute atomic E-state index is 0.265. The number of urea groups is 1. The lowest BCUT2D eigenvalue weighted by molar-refractivity contribution is 0.188. The SMILES string of the molecule is CC(C)/C=C/NC(=O)NCC(C)O. The molecule has 0 fully saturated rings. The summed E-state index contributed by atoms with van der Waals surface area (Å²) in [6.07, 6.45) is 2.96. The molecule has 0 aromatic rings. The van der Waals surface area contributed by atoms with Gasteiger partial charge in [-0.05, 0) is 12.8 Å². The van der Waals surface area contributed by atoms with E-state index < -0.39 is 6.10 Å². The topological polar surface area (TPSA) is 61.4 Å². The quantitative estimate of drug-likeness (QED) is 0.609. The summed E-state index contributed by atoms with van der Waals surface area (Å²) in [6, 6.07) is -0.294. The molecule has 0 spiro atoms. The van der Waals surface area contributed by atoms with Crippen molar-refractivity contribution in [2.45, 2.75) is 26.9 Å². The number of aliphatic hydroxyl groups is 1. The highest BCUT2D eigenvalue weighted by Gasteiger charge is 1.98. The maximum absolute atomic E-state index is 10.9. The molecule has 0 aromatic carbocycles. The predicted octanol–water partition coefficient (Wildman–Crippen LogP) is 0.836. The molecule has 0 saturated heterocycles. The van der Waals surface area contributed by atoms with E-state index in [1.165, 1.54) is 0 Å². The molecule has 76 valence electrons. The van der Waals surface area contributed by atoms with Gasteiger partial charge in [0.1, 0.15) is 0 Å². The van der Waals surface area contributed by atoms with Gasteiger partial charge in [-0.1, -0.05) is 19.9 Å². The molecule has 0 saturated carbocycles. The van der Waals surface area contributed by atoms with Crippen LogP contribution in [0.4, 0.5) is 4.79 Å². The Morgan fingerprint density at radius 3 is 2.54 bits per heavy atom. The van der Waals surface area contributed by atoms with Gasteiger partial charge in [-0.15, -0.1) is 0 Å². The molecule has 1 atom stereocenters. The maximum atomic E-state index is 10.9. The van der Waals surface area contributed by atoms with Gasteiger partial charge in [0, 0.05) is 12.7 Å². The largest absolute Gasteiger partial charge is 0.392 e. The zero-order valence-electron chi connectivity index (χ0n) is 8.37. The molecule has 3 N–H and O–H groups in total. The highest BCUT2D eigenvalue weighted by atomic mass is 16.3. The number of carbonyl (C=O) groups excluding carboxylic acids is 1. The van der Waals surface area contributed by atoms with Gasteiger partial charge in [0.25, 0.3) is 0 Å². The van der Waals surface area contributed by atoms with Gasteiger partial charge in [-0.2, -0.15) is 0 Å². The van der Waals surface area contributed by atoms with E-state index in [0.29, 0.717) is 5.92 Å². The molecule has 13 heavy (non-hydrogen) atoms. The monoisotopic (exact) mass is 186 g/mol. The average molecular weight is 186 g/mol. The van der Waals surface area contributed by atoms with Crippen LogP contribution in [0.15, 0.2) is 12.3 Å². The third kappa shape index (κ3) is 8.88. The van der Waals surface area contributed by atoms with Crippen molar-refractivity contribution >= 4 is 6.03 Å². The van der Waals surface area contributed by atoms with E-state index >= 15 is 0 Å². The van der Waals surface area contributed by atoms with Crippen molar-refractivity contribution in [2.24, 2.45) is 5.92 Å². The van der Waals surface area contributed by atoms with Crippen LogP contribution < -0.4 is 10.6 Å². The van der Waals surface area contributed by atoms with Crippen LogP contribution >= 0.6 is 0 Å². The van der Waals surface area contributed by atoms with Crippen LogP contribution in [-0.2, 0) is 0 Å². The van der Waals surface area contributed by atoms with Crippen molar-refractivity contribution in [1.29, 1.82) is 0 Å². The number of amides is 2. The first-order valence-corrected chi connectivity index (χ1v) is 4.41. The number of allylic oxidation sites excluding steroid dienone is 1. The molecule has 1 unspecified atom stereocenters. The number of carbonyl (C=O) groups is 1. The minimum Gasteiger partial charge on any atom is -0.392 e. The molecular weight excluding hydrogens is 168 g/mol.